The summed E-state index contributed by atoms with van der Waals surface area (Å²) < 4.78 is 0. The molecule has 1 aliphatic heterocycles. The molecule has 2 aliphatic rings. The number of hydrazone groups is 1. The van der Waals surface area contributed by atoms with Crippen LogP contribution in [0.5, 0.6) is 0 Å². The van der Waals surface area contributed by atoms with Gasteiger partial charge in [-0.3, -0.25) is 19.8 Å². The minimum absolute atomic E-state index is 0.0365. The van der Waals surface area contributed by atoms with Crippen LogP contribution < -0.4 is 5.43 Å². The first-order valence-electron chi connectivity index (χ1n) is 8.33. The smallest absolute Gasteiger partial charge is 0.325 e. The molecule has 1 N–H and O–H groups in total. The molecule has 9 nitrogen and oxygen atoms in total. The molecular weight excluding hydrogens is 340 g/mol. The Morgan fingerprint density at radius 2 is 1.96 bits per heavy atom. The van der Waals surface area contributed by atoms with Gasteiger partial charge in [-0.05, 0) is 38.3 Å². The Kier molecular flexibility index (Phi) is 5.06. The van der Waals surface area contributed by atoms with Crippen LogP contribution in [-0.2, 0) is 19.2 Å². The van der Waals surface area contributed by atoms with Crippen molar-refractivity contribution in [2.75, 3.05) is 5.43 Å². The number of hydrogen-bond donors (Lipinski definition) is 1. The number of pyridine rings is 1. The first-order chi connectivity index (χ1) is 12.5. The molecule has 2 fully saturated rings. The third-order valence-corrected chi connectivity index (χ3v) is 4.31. The fraction of sp³-hybridized carbons (Fsp3) is 0.412. The number of aromatic nitrogens is 1. The number of hydroxylamine groups is 2. The molecule has 1 atom stereocenters. The van der Waals surface area contributed by atoms with Crippen molar-refractivity contribution in [3.05, 3.63) is 23.9 Å². The van der Waals surface area contributed by atoms with E-state index in [4.69, 9.17) is 4.84 Å². The van der Waals surface area contributed by atoms with Crippen molar-refractivity contribution in [3.63, 3.8) is 0 Å². The van der Waals surface area contributed by atoms with E-state index in [1.807, 2.05) is 0 Å². The Morgan fingerprint density at radius 1 is 1.23 bits per heavy atom. The molecule has 1 aromatic rings. The Labute approximate surface area is 149 Å². The van der Waals surface area contributed by atoms with Gasteiger partial charge in [0.1, 0.15) is 11.6 Å². The maximum absolute atomic E-state index is 12.0. The summed E-state index contributed by atoms with van der Waals surface area (Å²) in [5.41, 5.74) is 3.67. The van der Waals surface area contributed by atoms with Crippen molar-refractivity contribution in [1.29, 1.82) is 0 Å². The van der Waals surface area contributed by atoms with Gasteiger partial charge in [0, 0.05) is 24.8 Å². The van der Waals surface area contributed by atoms with Crippen molar-refractivity contribution >= 4 is 35.1 Å². The lowest BCUT2D eigenvalue weighted by atomic mass is 10.0. The van der Waals surface area contributed by atoms with E-state index < -0.39 is 17.8 Å². The molecule has 2 amide bonds. The molecule has 9 heteroatoms. The van der Waals surface area contributed by atoms with E-state index in [-0.39, 0.29) is 30.1 Å². The summed E-state index contributed by atoms with van der Waals surface area (Å²) in [6, 6.07) is 2.96. The number of hydrogen-bond acceptors (Lipinski definition) is 8. The second-order valence-electron chi connectivity index (χ2n) is 6.16. The first kappa shape index (κ1) is 17.7. The Bertz CT molecular complexity index is 771. The normalized spacial score (nSPS) is 21.3. The predicted octanol–water partition coefficient (Wildman–Crippen LogP) is 1.46. The fourth-order valence-electron chi connectivity index (χ4n) is 2.90. The number of ketones is 1. The van der Waals surface area contributed by atoms with Gasteiger partial charge < -0.3 is 4.84 Å². The van der Waals surface area contributed by atoms with Crippen LogP contribution in [-0.4, -0.2) is 39.3 Å². The second kappa shape index (κ2) is 7.42. The number of carbonyl (C=O) groups excluding carboxylic acids is 4. The van der Waals surface area contributed by atoms with Gasteiger partial charge in [-0.25, -0.2) is 9.78 Å². The van der Waals surface area contributed by atoms with Crippen LogP contribution in [0.15, 0.2) is 23.4 Å². The fourth-order valence-corrected chi connectivity index (χ4v) is 2.90. The summed E-state index contributed by atoms with van der Waals surface area (Å²) in [6.07, 6.45) is 3.83. The van der Waals surface area contributed by atoms with Gasteiger partial charge in [-0.2, -0.15) is 5.10 Å². The predicted molar refractivity (Wildman–Crippen MR) is 89.8 cm³/mol. The quantitative estimate of drug-likeness (QED) is 0.625. The van der Waals surface area contributed by atoms with Gasteiger partial charge in [-0.15, -0.1) is 5.06 Å². The Morgan fingerprint density at radius 3 is 2.58 bits per heavy atom. The lowest BCUT2D eigenvalue weighted by molar-refractivity contribution is -0.172. The molecule has 1 aromatic heterocycles. The van der Waals surface area contributed by atoms with Gasteiger partial charge in [0.25, 0.3) is 11.8 Å². The molecule has 0 aromatic carbocycles. The molecule has 1 saturated heterocycles. The monoisotopic (exact) mass is 358 g/mol. The molecule has 136 valence electrons. The van der Waals surface area contributed by atoms with Gasteiger partial charge in [0.05, 0.1) is 11.5 Å². The first-order valence-corrected chi connectivity index (χ1v) is 8.33. The summed E-state index contributed by atoms with van der Waals surface area (Å²) in [5, 5.41) is 4.73. The molecule has 1 saturated carbocycles. The standard InChI is InChI=1S/C17H18N4O5/c1-10(22)12-3-2-4-13(12)19-20-14-6-5-11(9-18-14)17(25)26-21-15(23)7-8-16(21)24/h5-6,9,12H,2-4,7-8H2,1H3,(H,18,20)/b19-13-. The van der Waals surface area contributed by atoms with Crippen LogP contribution in [0.3, 0.4) is 0 Å². The number of Topliss-reactive ketones (excluding diaryl/α,β-unsaturated/α-hetero) is 1. The highest BCUT2D eigenvalue weighted by Gasteiger charge is 2.33. The van der Waals surface area contributed by atoms with Crippen LogP contribution in [0.2, 0.25) is 0 Å². The van der Waals surface area contributed by atoms with Crippen molar-refractivity contribution in [3.8, 4) is 0 Å². The number of nitrogens with one attached hydrogen (secondary N) is 1. The van der Waals surface area contributed by atoms with Crippen molar-refractivity contribution in [2.24, 2.45) is 11.0 Å². The zero-order valence-corrected chi connectivity index (χ0v) is 14.2. The number of rotatable bonds is 5. The zero-order valence-electron chi connectivity index (χ0n) is 14.2. The highest BCUT2D eigenvalue weighted by Crippen LogP contribution is 2.23. The summed E-state index contributed by atoms with van der Waals surface area (Å²) in [6.45, 7) is 1.56. The van der Waals surface area contributed by atoms with Gasteiger partial charge in [-0.1, -0.05) is 0 Å². The third-order valence-electron chi connectivity index (χ3n) is 4.31. The van der Waals surface area contributed by atoms with Crippen LogP contribution in [0.1, 0.15) is 49.4 Å². The van der Waals surface area contributed by atoms with Crippen LogP contribution >= 0.6 is 0 Å². The summed E-state index contributed by atoms with van der Waals surface area (Å²) in [4.78, 5) is 55.3. The highest BCUT2D eigenvalue weighted by atomic mass is 16.7. The van der Waals surface area contributed by atoms with Crippen molar-refractivity contribution < 1.29 is 24.0 Å². The molecule has 2 heterocycles. The Hall–Kier alpha value is -3.10. The maximum Gasteiger partial charge on any atom is 0.365 e. The molecule has 3 rings (SSSR count). The number of carbonyl (C=O) groups is 4. The average molecular weight is 358 g/mol. The van der Waals surface area contributed by atoms with Crippen LogP contribution in [0, 0.1) is 5.92 Å². The van der Waals surface area contributed by atoms with E-state index in [0.717, 1.165) is 25.0 Å². The van der Waals surface area contributed by atoms with Crippen molar-refractivity contribution in [2.45, 2.75) is 39.0 Å². The average Bonchev–Trinajstić information content (AvgIpc) is 3.22. The minimum Gasteiger partial charge on any atom is -0.325 e. The maximum atomic E-state index is 12.0. The molecule has 0 radical (unpaired) electrons. The second-order valence-corrected chi connectivity index (χ2v) is 6.16. The molecular formula is C17H18N4O5. The summed E-state index contributed by atoms with van der Waals surface area (Å²) in [5.74, 6) is -1.57. The van der Waals surface area contributed by atoms with E-state index in [1.165, 1.54) is 18.3 Å². The van der Waals surface area contributed by atoms with Gasteiger partial charge in [0.15, 0.2) is 0 Å². The lowest BCUT2D eigenvalue weighted by Gasteiger charge is -2.12. The Balaban J connectivity index is 1.61. The molecule has 0 bridgehead atoms. The van der Waals surface area contributed by atoms with E-state index in [0.29, 0.717) is 10.9 Å². The molecule has 26 heavy (non-hydrogen) atoms. The van der Waals surface area contributed by atoms with E-state index in [2.05, 4.69) is 15.5 Å². The van der Waals surface area contributed by atoms with Gasteiger partial charge in [0.2, 0.25) is 0 Å². The lowest BCUT2D eigenvalue weighted by Crippen LogP contribution is -2.32. The van der Waals surface area contributed by atoms with Crippen molar-refractivity contribution in [1.82, 2.24) is 10.0 Å². The highest BCUT2D eigenvalue weighted by molar-refractivity contribution is 6.05. The van der Waals surface area contributed by atoms with Crippen LogP contribution in [0.25, 0.3) is 0 Å². The summed E-state index contributed by atoms with van der Waals surface area (Å²) in [7, 11) is 0. The van der Waals surface area contributed by atoms with Gasteiger partial charge >= 0.3 is 5.97 Å². The largest absolute Gasteiger partial charge is 0.365 e. The number of imide groups is 1. The van der Waals surface area contributed by atoms with E-state index in [9.17, 15) is 19.2 Å². The van der Waals surface area contributed by atoms with E-state index in [1.54, 1.807) is 6.92 Å². The topological polar surface area (TPSA) is 118 Å². The van der Waals surface area contributed by atoms with Crippen LogP contribution in [0.4, 0.5) is 5.82 Å². The molecule has 0 spiro atoms. The van der Waals surface area contributed by atoms with E-state index >= 15 is 0 Å². The zero-order chi connectivity index (χ0) is 18.7. The SMILES string of the molecule is CC(=O)C1CCC/C1=N/Nc1ccc(C(=O)ON2C(=O)CCC2=O)cn1. The summed E-state index contributed by atoms with van der Waals surface area (Å²) >= 11 is 0. The number of amides is 2. The third kappa shape index (κ3) is 3.76. The minimum atomic E-state index is -0.841. The number of anilines is 1. The molecule has 1 unspecified atom stereocenters. The number of nitrogens with zero attached hydrogens (tertiary/aromatic N) is 3. The molecule has 1 aliphatic carbocycles.